The molecule has 1 saturated heterocycles. The lowest BCUT2D eigenvalue weighted by atomic mass is 10.1. The molecule has 4 rings (SSSR count). The molecule has 0 aliphatic carbocycles. The standard InChI is InChI=1S/C26H31N3O5/c1-16-11-17(2)13-18(12-16)27-24(30)8-4-5-10-34-23-15-20-19(14-22(23)33-3)26(32)29-9-6-7-21(29)25(31)28-20/h11-15,21H,4-10H2,1-3H3,(H,27,30)(H,28,31)/t21-/m0/s1. The Morgan fingerprint density at radius 3 is 2.59 bits per heavy atom. The molecule has 1 atom stereocenters. The van der Waals surface area contributed by atoms with E-state index < -0.39 is 6.04 Å². The van der Waals surface area contributed by atoms with Crippen LogP contribution in [0.4, 0.5) is 11.4 Å². The Morgan fingerprint density at radius 2 is 1.85 bits per heavy atom. The average Bonchev–Trinajstić information content (AvgIpc) is 3.25. The van der Waals surface area contributed by atoms with Crippen LogP contribution in [0.15, 0.2) is 30.3 Å². The van der Waals surface area contributed by atoms with Gasteiger partial charge in [0.2, 0.25) is 11.8 Å². The van der Waals surface area contributed by atoms with E-state index >= 15 is 0 Å². The number of amides is 3. The van der Waals surface area contributed by atoms with Gasteiger partial charge in [0.05, 0.1) is 25.0 Å². The third-order valence-corrected chi connectivity index (χ3v) is 6.17. The highest BCUT2D eigenvalue weighted by Crippen LogP contribution is 2.37. The zero-order valence-electron chi connectivity index (χ0n) is 19.9. The normalized spacial score (nSPS) is 16.9. The van der Waals surface area contributed by atoms with E-state index in [1.54, 1.807) is 17.0 Å². The molecule has 180 valence electrons. The summed E-state index contributed by atoms with van der Waals surface area (Å²) in [7, 11) is 1.52. The molecule has 0 bridgehead atoms. The maximum Gasteiger partial charge on any atom is 0.256 e. The highest BCUT2D eigenvalue weighted by molar-refractivity contribution is 6.10. The molecule has 2 N–H and O–H groups in total. The molecule has 0 unspecified atom stereocenters. The molecule has 34 heavy (non-hydrogen) atoms. The number of fused-ring (bicyclic) bond motifs is 2. The van der Waals surface area contributed by atoms with Crippen LogP contribution in [0.1, 0.15) is 53.6 Å². The minimum Gasteiger partial charge on any atom is -0.493 e. The number of ether oxygens (including phenoxy) is 2. The van der Waals surface area contributed by atoms with Crippen molar-refractivity contribution in [3.05, 3.63) is 47.0 Å². The summed E-state index contributed by atoms with van der Waals surface area (Å²) >= 11 is 0. The van der Waals surface area contributed by atoms with Crippen molar-refractivity contribution in [3.8, 4) is 11.5 Å². The van der Waals surface area contributed by atoms with E-state index in [2.05, 4.69) is 16.7 Å². The molecule has 1 fully saturated rings. The molecule has 8 nitrogen and oxygen atoms in total. The molecule has 2 aliphatic rings. The summed E-state index contributed by atoms with van der Waals surface area (Å²) in [6, 6.07) is 8.82. The van der Waals surface area contributed by atoms with Gasteiger partial charge in [0.15, 0.2) is 11.5 Å². The van der Waals surface area contributed by atoms with Gasteiger partial charge in [-0.15, -0.1) is 0 Å². The number of hydrogen-bond acceptors (Lipinski definition) is 5. The van der Waals surface area contributed by atoms with Gasteiger partial charge in [0.25, 0.3) is 5.91 Å². The minimum atomic E-state index is -0.426. The van der Waals surface area contributed by atoms with Gasteiger partial charge in [0, 0.05) is 24.7 Å². The summed E-state index contributed by atoms with van der Waals surface area (Å²) < 4.78 is 11.3. The van der Waals surface area contributed by atoms with E-state index in [0.717, 1.165) is 23.2 Å². The van der Waals surface area contributed by atoms with Gasteiger partial charge in [-0.05, 0) is 68.9 Å². The second-order valence-electron chi connectivity index (χ2n) is 8.92. The maximum absolute atomic E-state index is 13.0. The third kappa shape index (κ3) is 5.16. The molecule has 2 heterocycles. The van der Waals surface area contributed by atoms with Gasteiger partial charge < -0.3 is 25.0 Å². The maximum atomic E-state index is 13.0. The van der Waals surface area contributed by atoms with Crippen molar-refractivity contribution in [1.29, 1.82) is 0 Å². The molecular formula is C26H31N3O5. The Morgan fingerprint density at radius 1 is 1.09 bits per heavy atom. The van der Waals surface area contributed by atoms with Crippen LogP contribution in [0.2, 0.25) is 0 Å². The van der Waals surface area contributed by atoms with E-state index in [0.29, 0.717) is 61.6 Å². The number of anilines is 2. The Balaban J connectivity index is 1.33. The van der Waals surface area contributed by atoms with E-state index in [9.17, 15) is 14.4 Å². The van der Waals surface area contributed by atoms with E-state index in [1.165, 1.54) is 7.11 Å². The van der Waals surface area contributed by atoms with E-state index in [-0.39, 0.29) is 17.7 Å². The number of nitrogens with one attached hydrogen (secondary N) is 2. The Kier molecular flexibility index (Phi) is 7.05. The number of carbonyl (C=O) groups is 3. The topological polar surface area (TPSA) is 97.0 Å². The molecule has 0 aromatic heterocycles. The molecule has 2 aliphatic heterocycles. The smallest absolute Gasteiger partial charge is 0.256 e. The van der Waals surface area contributed by atoms with Gasteiger partial charge in [-0.3, -0.25) is 14.4 Å². The summed E-state index contributed by atoms with van der Waals surface area (Å²) in [6.07, 6.45) is 3.21. The van der Waals surface area contributed by atoms with Crippen LogP contribution in [0.5, 0.6) is 11.5 Å². The Bertz CT molecular complexity index is 1090. The molecule has 8 heteroatoms. The van der Waals surface area contributed by atoms with Crippen LogP contribution < -0.4 is 20.1 Å². The van der Waals surface area contributed by atoms with E-state index in [4.69, 9.17) is 9.47 Å². The summed E-state index contributed by atoms with van der Waals surface area (Å²) in [4.78, 5) is 39.4. The van der Waals surface area contributed by atoms with Gasteiger partial charge in [-0.1, -0.05) is 6.07 Å². The van der Waals surface area contributed by atoms with Gasteiger partial charge >= 0.3 is 0 Å². The Hall–Kier alpha value is -3.55. The molecular weight excluding hydrogens is 434 g/mol. The van der Waals surface area contributed by atoms with Crippen molar-refractivity contribution in [2.24, 2.45) is 0 Å². The number of aryl methyl sites for hydroxylation is 2. The van der Waals surface area contributed by atoms with Crippen LogP contribution in [0.25, 0.3) is 0 Å². The average molecular weight is 466 g/mol. The second kappa shape index (κ2) is 10.2. The first-order chi connectivity index (χ1) is 16.4. The summed E-state index contributed by atoms with van der Waals surface area (Å²) in [5.74, 6) is 0.517. The summed E-state index contributed by atoms with van der Waals surface area (Å²) in [5, 5.41) is 5.81. The van der Waals surface area contributed by atoms with Crippen molar-refractivity contribution in [2.45, 2.75) is 52.0 Å². The minimum absolute atomic E-state index is 0.0330. The first-order valence-corrected chi connectivity index (χ1v) is 11.7. The first kappa shape index (κ1) is 23.6. The zero-order valence-corrected chi connectivity index (χ0v) is 19.9. The predicted molar refractivity (Wildman–Crippen MR) is 130 cm³/mol. The molecule has 0 saturated carbocycles. The number of carbonyl (C=O) groups excluding carboxylic acids is 3. The van der Waals surface area contributed by atoms with Crippen molar-refractivity contribution >= 4 is 29.1 Å². The van der Waals surface area contributed by atoms with Crippen LogP contribution in [-0.2, 0) is 9.59 Å². The van der Waals surface area contributed by atoms with Crippen LogP contribution >= 0.6 is 0 Å². The quantitative estimate of drug-likeness (QED) is 0.573. The summed E-state index contributed by atoms with van der Waals surface area (Å²) in [5.41, 5.74) is 3.87. The van der Waals surface area contributed by atoms with Gasteiger partial charge in [0.1, 0.15) is 6.04 Å². The number of benzene rings is 2. The number of nitrogens with zero attached hydrogens (tertiary/aromatic N) is 1. The van der Waals surface area contributed by atoms with Gasteiger partial charge in [-0.25, -0.2) is 0 Å². The first-order valence-electron chi connectivity index (χ1n) is 11.7. The molecule has 0 radical (unpaired) electrons. The lowest BCUT2D eigenvalue weighted by Crippen LogP contribution is -2.40. The number of unbranched alkanes of at least 4 members (excludes halogenated alkanes) is 1. The van der Waals surface area contributed by atoms with Crippen molar-refractivity contribution in [3.63, 3.8) is 0 Å². The largest absolute Gasteiger partial charge is 0.493 e. The van der Waals surface area contributed by atoms with Crippen molar-refractivity contribution in [2.75, 3.05) is 30.9 Å². The SMILES string of the molecule is COc1cc2c(cc1OCCCCC(=O)Nc1cc(C)cc(C)c1)NC(=O)[C@@H]1CCCN1C2=O. The fourth-order valence-corrected chi connectivity index (χ4v) is 4.61. The van der Waals surface area contributed by atoms with Crippen LogP contribution in [0, 0.1) is 13.8 Å². The zero-order chi connectivity index (χ0) is 24.2. The molecule has 2 aromatic rings. The second-order valence-corrected chi connectivity index (χ2v) is 8.92. The Labute approximate surface area is 199 Å². The summed E-state index contributed by atoms with van der Waals surface area (Å²) in [6.45, 7) is 4.96. The molecule has 3 amide bonds. The number of methoxy groups -OCH3 is 1. The fourth-order valence-electron chi connectivity index (χ4n) is 4.61. The monoisotopic (exact) mass is 465 g/mol. The lowest BCUT2D eigenvalue weighted by Gasteiger charge is -2.20. The van der Waals surface area contributed by atoms with Crippen molar-refractivity contribution < 1.29 is 23.9 Å². The van der Waals surface area contributed by atoms with Crippen LogP contribution in [-0.4, -0.2) is 48.9 Å². The van der Waals surface area contributed by atoms with Crippen LogP contribution in [0.3, 0.4) is 0 Å². The number of rotatable bonds is 8. The molecule has 0 spiro atoms. The third-order valence-electron chi connectivity index (χ3n) is 6.17. The van der Waals surface area contributed by atoms with E-state index in [1.807, 2.05) is 26.0 Å². The predicted octanol–water partition coefficient (Wildman–Crippen LogP) is 4.06. The van der Waals surface area contributed by atoms with Gasteiger partial charge in [-0.2, -0.15) is 0 Å². The van der Waals surface area contributed by atoms with Crippen molar-refractivity contribution in [1.82, 2.24) is 4.90 Å². The fraction of sp³-hybridized carbons (Fsp3) is 0.423. The number of hydrogen-bond donors (Lipinski definition) is 2. The highest BCUT2D eigenvalue weighted by Gasteiger charge is 2.39. The molecule has 2 aromatic carbocycles. The highest BCUT2D eigenvalue weighted by atomic mass is 16.5. The lowest BCUT2D eigenvalue weighted by molar-refractivity contribution is -0.119.